The number of rotatable bonds is 1. The first kappa shape index (κ1) is 13.6. The van der Waals surface area contributed by atoms with E-state index in [1.807, 2.05) is 18.2 Å². The van der Waals surface area contributed by atoms with E-state index in [-0.39, 0.29) is 5.41 Å². The fourth-order valence-electron chi connectivity index (χ4n) is 1.38. The van der Waals surface area contributed by atoms with E-state index in [0.717, 1.165) is 14.8 Å². The van der Waals surface area contributed by atoms with Gasteiger partial charge in [0.25, 0.3) is 0 Å². The number of amides is 1. The second-order valence-corrected chi connectivity index (χ2v) is 5.83. The first-order valence-corrected chi connectivity index (χ1v) is 6.13. The van der Waals surface area contributed by atoms with Gasteiger partial charge in [0.1, 0.15) is 11.9 Å². The highest BCUT2D eigenvalue weighted by atomic mass is 127. The molecule has 0 aromatic heterocycles. The molecule has 0 bridgehead atoms. The molecule has 0 radical (unpaired) electrons. The predicted octanol–water partition coefficient (Wildman–Crippen LogP) is 4.29. The molecule has 0 saturated heterocycles. The Kier molecular flexibility index (Phi) is 4.43. The predicted molar refractivity (Wildman–Crippen MR) is 73.8 cm³/mol. The van der Waals surface area contributed by atoms with E-state index in [0.29, 0.717) is 0 Å². The van der Waals surface area contributed by atoms with Gasteiger partial charge in [-0.05, 0) is 51.8 Å². The van der Waals surface area contributed by atoms with Gasteiger partial charge in [-0.1, -0.05) is 20.8 Å². The smallest absolute Gasteiger partial charge is 0.330 e. The monoisotopic (exact) mass is 353 g/mol. The van der Waals surface area contributed by atoms with Crippen molar-refractivity contribution >= 4 is 46.2 Å². The van der Waals surface area contributed by atoms with Crippen LogP contribution in [0.1, 0.15) is 26.3 Å². The fourth-order valence-corrected chi connectivity index (χ4v) is 1.91. The minimum atomic E-state index is -0.673. The molecule has 16 heavy (non-hydrogen) atoms. The minimum Gasteiger partial charge on any atom is -0.330 e. The molecule has 0 heterocycles. The van der Waals surface area contributed by atoms with Crippen molar-refractivity contribution in [1.29, 1.82) is 0 Å². The summed E-state index contributed by atoms with van der Waals surface area (Å²) in [5, 5.41) is 2.60. The zero-order valence-corrected chi connectivity index (χ0v) is 12.2. The molecule has 1 rings (SSSR count). The number of anilines is 1. The van der Waals surface area contributed by atoms with Crippen molar-refractivity contribution in [3.8, 4) is 0 Å². The van der Waals surface area contributed by atoms with Gasteiger partial charge in [-0.15, -0.1) is 0 Å². The Bertz CT molecular complexity index is 401. The summed E-state index contributed by atoms with van der Waals surface area (Å²) >= 11 is 7.22. The quantitative estimate of drug-likeness (QED) is 0.765. The van der Waals surface area contributed by atoms with Crippen molar-refractivity contribution in [3.05, 3.63) is 27.3 Å². The molecule has 0 unspecified atom stereocenters. The Balaban J connectivity index is 3.13. The van der Waals surface area contributed by atoms with Crippen molar-refractivity contribution in [1.82, 2.24) is 0 Å². The lowest BCUT2D eigenvalue weighted by Gasteiger charge is -2.23. The molecule has 1 amide bonds. The highest BCUT2D eigenvalue weighted by Crippen LogP contribution is 2.31. The number of hydrogen-bond acceptors (Lipinski definition) is 2. The molecule has 3 nitrogen and oxygen atoms in total. The summed E-state index contributed by atoms with van der Waals surface area (Å²) in [5.41, 5.74) is 1.70. The van der Waals surface area contributed by atoms with Crippen LogP contribution in [0.15, 0.2) is 18.2 Å². The summed E-state index contributed by atoms with van der Waals surface area (Å²) in [5.74, 6) is 0. The van der Waals surface area contributed by atoms with Gasteiger partial charge in [0.15, 0.2) is 0 Å². The average Bonchev–Trinajstić information content (AvgIpc) is 2.19. The summed E-state index contributed by atoms with van der Waals surface area (Å²) in [6.45, 7) is 6.24. The van der Waals surface area contributed by atoms with Crippen LogP contribution in [0.4, 0.5) is 10.5 Å². The van der Waals surface area contributed by atoms with E-state index in [4.69, 9.17) is 11.9 Å². The minimum absolute atomic E-state index is 0.0594. The van der Waals surface area contributed by atoms with Crippen LogP contribution in [0.25, 0.3) is 0 Å². The average molecular weight is 354 g/mol. The van der Waals surface area contributed by atoms with Gasteiger partial charge >= 0.3 is 6.09 Å². The number of hydrogen-bond donors (Lipinski definition) is 1. The van der Waals surface area contributed by atoms with Gasteiger partial charge in [-0.25, -0.2) is 4.79 Å². The fraction of sp³-hybridized carbons (Fsp3) is 0.364. The standard InChI is InChI=1S/C11H13ClINO2/c1-11(2,3)8-6-7(13)4-5-9(8)14-10(15)16-12/h4-6H,1-3H3,(H,14,15). The Morgan fingerprint density at radius 3 is 2.56 bits per heavy atom. The van der Waals surface area contributed by atoms with E-state index in [1.54, 1.807) is 0 Å². The topological polar surface area (TPSA) is 38.3 Å². The van der Waals surface area contributed by atoms with Gasteiger partial charge in [-0.2, -0.15) is 0 Å². The lowest BCUT2D eigenvalue weighted by atomic mass is 9.86. The van der Waals surface area contributed by atoms with Crippen LogP contribution < -0.4 is 5.32 Å². The molecule has 0 saturated carbocycles. The third-order valence-corrected chi connectivity index (χ3v) is 2.91. The van der Waals surface area contributed by atoms with Gasteiger partial charge in [0.2, 0.25) is 0 Å². The lowest BCUT2D eigenvalue weighted by Crippen LogP contribution is -2.18. The van der Waals surface area contributed by atoms with Crippen LogP contribution in [0.3, 0.4) is 0 Å². The van der Waals surface area contributed by atoms with Gasteiger partial charge in [-0.3, -0.25) is 5.32 Å². The van der Waals surface area contributed by atoms with Crippen LogP contribution in [-0.4, -0.2) is 6.09 Å². The van der Waals surface area contributed by atoms with Gasteiger partial charge < -0.3 is 4.29 Å². The van der Waals surface area contributed by atoms with Crippen molar-refractivity contribution in [2.24, 2.45) is 0 Å². The van der Waals surface area contributed by atoms with E-state index in [2.05, 4.69) is 53.0 Å². The molecule has 0 fully saturated rings. The second-order valence-electron chi connectivity index (χ2n) is 4.43. The number of carbonyl (C=O) groups is 1. The Morgan fingerprint density at radius 1 is 1.44 bits per heavy atom. The molecule has 5 heteroatoms. The maximum atomic E-state index is 11.1. The highest BCUT2D eigenvalue weighted by molar-refractivity contribution is 14.1. The van der Waals surface area contributed by atoms with Gasteiger partial charge in [0, 0.05) is 9.26 Å². The third-order valence-electron chi connectivity index (χ3n) is 2.10. The Hall–Kier alpha value is -0.490. The summed E-state index contributed by atoms with van der Waals surface area (Å²) in [6, 6.07) is 5.79. The maximum Gasteiger partial charge on any atom is 0.429 e. The molecular formula is C11H13ClINO2. The van der Waals surface area contributed by atoms with Crippen LogP contribution in [-0.2, 0) is 9.70 Å². The highest BCUT2D eigenvalue weighted by Gasteiger charge is 2.19. The van der Waals surface area contributed by atoms with Crippen molar-refractivity contribution in [2.45, 2.75) is 26.2 Å². The van der Waals surface area contributed by atoms with Crippen LogP contribution in [0, 0.1) is 3.57 Å². The van der Waals surface area contributed by atoms with Crippen LogP contribution in [0.5, 0.6) is 0 Å². The van der Waals surface area contributed by atoms with E-state index < -0.39 is 6.09 Å². The molecule has 0 aliphatic carbocycles. The zero-order valence-electron chi connectivity index (χ0n) is 9.30. The molecule has 1 aromatic rings. The van der Waals surface area contributed by atoms with Crippen LogP contribution >= 0.6 is 34.5 Å². The summed E-state index contributed by atoms with van der Waals surface area (Å²) in [6.07, 6.45) is -0.673. The first-order valence-electron chi connectivity index (χ1n) is 4.74. The first-order chi connectivity index (χ1) is 7.34. The van der Waals surface area contributed by atoms with E-state index in [9.17, 15) is 4.79 Å². The van der Waals surface area contributed by atoms with E-state index in [1.165, 1.54) is 0 Å². The molecule has 0 aliphatic heterocycles. The van der Waals surface area contributed by atoms with E-state index >= 15 is 0 Å². The van der Waals surface area contributed by atoms with Crippen LogP contribution in [0.2, 0.25) is 0 Å². The van der Waals surface area contributed by atoms with Crippen molar-refractivity contribution < 1.29 is 9.08 Å². The largest absolute Gasteiger partial charge is 0.429 e. The zero-order chi connectivity index (χ0) is 12.3. The summed E-state index contributed by atoms with van der Waals surface area (Å²) in [7, 11) is 0. The van der Waals surface area contributed by atoms with Gasteiger partial charge in [0.05, 0.1) is 0 Å². The normalized spacial score (nSPS) is 11.1. The lowest BCUT2D eigenvalue weighted by molar-refractivity contribution is 0.219. The number of carbonyl (C=O) groups excluding carboxylic acids is 1. The molecule has 0 atom stereocenters. The maximum absolute atomic E-state index is 11.1. The van der Waals surface area contributed by atoms with Crippen molar-refractivity contribution in [3.63, 3.8) is 0 Å². The molecular weight excluding hydrogens is 340 g/mol. The SMILES string of the molecule is CC(C)(C)c1cc(I)ccc1NC(=O)OCl. The van der Waals surface area contributed by atoms with Crippen molar-refractivity contribution in [2.75, 3.05) is 5.32 Å². The summed E-state index contributed by atoms with van der Waals surface area (Å²) < 4.78 is 5.19. The summed E-state index contributed by atoms with van der Waals surface area (Å²) in [4.78, 5) is 11.1. The Labute approximate surface area is 114 Å². The third kappa shape index (κ3) is 3.52. The number of halogens is 2. The molecule has 1 aromatic carbocycles. The number of benzene rings is 1. The molecule has 0 spiro atoms. The molecule has 1 N–H and O–H groups in total. The second kappa shape index (κ2) is 5.23. The number of nitrogens with one attached hydrogen (secondary N) is 1. The Morgan fingerprint density at radius 2 is 2.06 bits per heavy atom. The molecule has 0 aliphatic rings. The molecule has 88 valence electrons.